The third kappa shape index (κ3) is 4.55. The third-order valence-electron chi connectivity index (χ3n) is 2.43. The monoisotopic (exact) mass is 327 g/mol. The van der Waals surface area contributed by atoms with Crippen molar-refractivity contribution in [3.63, 3.8) is 0 Å². The number of carbonyl (C=O) groups is 2. The number of anilines is 1. The van der Waals surface area contributed by atoms with Gasteiger partial charge in [0.05, 0.1) is 5.56 Å². The highest BCUT2D eigenvalue weighted by Gasteiger charge is 2.18. The molecule has 1 aromatic carbocycles. The maximum Gasteiger partial charge on any atom is 0.254 e. The summed E-state index contributed by atoms with van der Waals surface area (Å²) < 4.78 is 0.798. The van der Waals surface area contributed by atoms with Crippen LogP contribution in [0.3, 0.4) is 0 Å². The van der Waals surface area contributed by atoms with Gasteiger partial charge in [-0.15, -0.1) is 0 Å². The molecular weight excluding hydrogens is 310 g/mol. The number of rotatable bonds is 4. The van der Waals surface area contributed by atoms with Gasteiger partial charge in [-0.3, -0.25) is 9.59 Å². The number of halogens is 1. The number of nitrogens with one attached hydrogen (secondary N) is 2. The average molecular weight is 328 g/mol. The average Bonchev–Trinajstić information content (AvgIpc) is 2.27. The van der Waals surface area contributed by atoms with Gasteiger partial charge in [0.1, 0.15) is 6.04 Å². The zero-order valence-electron chi connectivity index (χ0n) is 11.2. The molecule has 2 amide bonds. The van der Waals surface area contributed by atoms with Crippen LogP contribution >= 0.6 is 15.9 Å². The largest absolute Gasteiger partial charge is 0.398 e. The lowest BCUT2D eigenvalue weighted by Gasteiger charge is -2.16. The normalized spacial score (nSPS) is 12.1. The predicted molar refractivity (Wildman–Crippen MR) is 78.8 cm³/mol. The Morgan fingerprint density at radius 1 is 1.21 bits per heavy atom. The van der Waals surface area contributed by atoms with E-state index in [1.807, 2.05) is 13.8 Å². The van der Waals surface area contributed by atoms with Crippen molar-refractivity contribution >= 4 is 33.4 Å². The topological polar surface area (TPSA) is 84.2 Å². The van der Waals surface area contributed by atoms with Gasteiger partial charge >= 0.3 is 0 Å². The molecule has 0 aliphatic carbocycles. The van der Waals surface area contributed by atoms with Crippen molar-refractivity contribution in [1.29, 1.82) is 0 Å². The fourth-order valence-corrected chi connectivity index (χ4v) is 1.87. The second kappa shape index (κ2) is 6.56. The van der Waals surface area contributed by atoms with E-state index >= 15 is 0 Å². The minimum atomic E-state index is -0.613. The van der Waals surface area contributed by atoms with Gasteiger partial charge in [-0.05, 0) is 39.0 Å². The van der Waals surface area contributed by atoms with Gasteiger partial charge in [-0.2, -0.15) is 0 Å². The molecule has 1 atom stereocenters. The minimum Gasteiger partial charge on any atom is -0.398 e. The van der Waals surface area contributed by atoms with Crippen LogP contribution in [0.4, 0.5) is 5.69 Å². The molecular formula is C13H18BrN3O2. The number of hydrogen-bond donors (Lipinski definition) is 3. The van der Waals surface area contributed by atoms with Crippen molar-refractivity contribution in [1.82, 2.24) is 10.6 Å². The first kappa shape index (κ1) is 15.5. The number of hydrogen-bond acceptors (Lipinski definition) is 3. The van der Waals surface area contributed by atoms with Crippen molar-refractivity contribution < 1.29 is 9.59 Å². The van der Waals surface area contributed by atoms with Crippen LogP contribution in [0, 0.1) is 0 Å². The smallest absolute Gasteiger partial charge is 0.254 e. The fraction of sp³-hybridized carbons (Fsp3) is 0.385. The molecule has 0 aliphatic heterocycles. The van der Waals surface area contributed by atoms with Gasteiger partial charge in [-0.1, -0.05) is 15.9 Å². The lowest BCUT2D eigenvalue weighted by Crippen LogP contribution is -2.46. The van der Waals surface area contributed by atoms with E-state index in [1.165, 1.54) is 0 Å². The molecule has 104 valence electrons. The molecule has 1 unspecified atom stereocenters. The number of carbonyl (C=O) groups excluding carboxylic acids is 2. The van der Waals surface area contributed by atoms with E-state index in [0.29, 0.717) is 11.3 Å². The molecule has 0 aliphatic rings. The number of nitrogens with two attached hydrogens (primary N) is 1. The Labute approximate surface area is 121 Å². The third-order valence-corrected chi connectivity index (χ3v) is 2.92. The summed E-state index contributed by atoms with van der Waals surface area (Å²) in [6, 6.07) is 4.40. The van der Waals surface area contributed by atoms with Gasteiger partial charge in [0.25, 0.3) is 5.91 Å². The quantitative estimate of drug-likeness (QED) is 0.735. The molecule has 1 aromatic rings. The zero-order chi connectivity index (χ0) is 14.6. The molecule has 19 heavy (non-hydrogen) atoms. The first-order valence-electron chi connectivity index (χ1n) is 5.97. The molecule has 0 fully saturated rings. The first-order valence-corrected chi connectivity index (χ1v) is 6.77. The molecule has 0 heterocycles. The zero-order valence-corrected chi connectivity index (χ0v) is 12.7. The Hall–Kier alpha value is -1.56. The summed E-state index contributed by atoms with van der Waals surface area (Å²) in [7, 11) is 0. The highest BCUT2D eigenvalue weighted by Crippen LogP contribution is 2.18. The molecule has 5 nitrogen and oxygen atoms in total. The molecule has 0 saturated heterocycles. The summed E-state index contributed by atoms with van der Waals surface area (Å²) in [6.07, 6.45) is 0. The SMILES string of the molecule is CC(C)NC(=O)C(C)NC(=O)c1ccc(Br)cc1N. The van der Waals surface area contributed by atoms with Crippen molar-refractivity contribution in [3.8, 4) is 0 Å². The summed E-state index contributed by atoms with van der Waals surface area (Å²) in [5, 5.41) is 5.35. The first-order chi connectivity index (χ1) is 8.81. The highest BCUT2D eigenvalue weighted by atomic mass is 79.9. The summed E-state index contributed by atoms with van der Waals surface area (Å²) in [5.74, 6) is -0.588. The van der Waals surface area contributed by atoms with Crippen LogP contribution < -0.4 is 16.4 Å². The van der Waals surface area contributed by atoms with Crippen molar-refractivity contribution in [2.24, 2.45) is 0 Å². The molecule has 4 N–H and O–H groups in total. The summed E-state index contributed by atoms with van der Waals surface area (Å²) in [5.41, 5.74) is 6.48. The maximum absolute atomic E-state index is 12.0. The number of benzene rings is 1. The van der Waals surface area contributed by atoms with E-state index in [2.05, 4.69) is 26.6 Å². The molecule has 0 aromatic heterocycles. The molecule has 0 radical (unpaired) electrons. The van der Waals surface area contributed by atoms with Crippen LogP contribution in [0.2, 0.25) is 0 Å². The minimum absolute atomic E-state index is 0.0320. The van der Waals surface area contributed by atoms with Crippen molar-refractivity contribution in [2.45, 2.75) is 32.9 Å². The molecule has 1 rings (SSSR count). The Bertz CT molecular complexity index is 489. The molecule has 0 spiro atoms. The van der Waals surface area contributed by atoms with Crippen LogP contribution in [0.1, 0.15) is 31.1 Å². The van der Waals surface area contributed by atoms with E-state index < -0.39 is 6.04 Å². The second-order valence-corrected chi connectivity index (χ2v) is 5.51. The lowest BCUT2D eigenvalue weighted by atomic mass is 10.1. The van der Waals surface area contributed by atoms with Crippen molar-refractivity contribution in [2.75, 3.05) is 5.73 Å². The van der Waals surface area contributed by atoms with Crippen LogP contribution in [-0.2, 0) is 4.79 Å². The maximum atomic E-state index is 12.0. The lowest BCUT2D eigenvalue weighted by molar-refractivity contribution is -0.123. The van der Waals surface area contributed by atoms with Crippen LogP contribution in [0.15, 0.2) is 22.7 Å². The fourth-order valence-electron chi connectivity index (χ4n) is 1.49. The Balaban J connectivity index is 2.71. The standard InChI is InChI=1S/C13H18BrN3O2/c1-7(2)16-12(18)8(3)17-13(19)10-5-4-9(14)6-11(10)15/h4-8H,15H2,1-3H3,(H,16,18)(H,17,19). The summed E-state index contributed by atoms with van der Waals surface area (Å²) >= 11 is 3.27. The van der Waals surface area contributed by atoms with Gasteiger partial charge < -0.3 is 16.4 Å². The van der Waals surface area contributed by atoms with Crippen LogP contribution in [0.25, 0.3) is 0 Å². The van der Waals surface area contributed by atoms with E-state index in [4.69, 9.17) is 5.73 Å². The molecule has 0 bridgehead atoms. The molecule has 0 saturated carbocycles. The van der Waals surface area contributed by atoms with Crippen LogP contribution in [0.5, 0.6) is 0 Å². The highest BCUT2D eigenvalue weighted by molar-refractivity contribution is 9.10. The molecule has 6 heteroatoms. The van der Waals surface area contributed by atoms with Crippen LogP contribution in [-0.4, -0.2) is 23.9 Å². The Morgan fingerprint density at radius 3 is 2.37 bits per heavy atom. The van der Waals surface area contributed by atoms with Gasteiger partial charge in [-0.25, -0.2) is 0 Å². The Kier molecular flexibility index (Phi) is 5.35. The van der Waals surface area contributed by atoms with Crippen molar-refractivity contribution in [3.05, 3.63) is 28.2 Å². The predicted octanol–water partition coefficient (Wildman–Crippen LogP) is 1.67. The van der Waals surface area contributed by atoms with Gasteiger partial charge in [0.2, 0.25) is 5.91 Å². The van der Waals surface area contributed by atoms with Gasteiger partial charge in [0, 0.05) is 16.2 Å². The van der Waals surface area contributed by atoms with E-state index in [-0.39, 0.29) is 17.9 Å². The summed E-state index contributed by atoms with van der Waals surface area (Å²) in [4.78, 5) is 23.7. The number of nitrogen functional groups attached to an aromatic ring is 1. The summed E-state index contributed by atoms with van der Waals surface area (Å²) in [6.45, 7) is 5.35. The van der Waals surface area contributed by atoms with E-state index in [9.17, 15) is 9.59 Å². The van der Waals surface area contributed by atoms with E-state index in [0.717, 1.165) is 4.47 Å². The Morgan fingerprint density at radius 2 is 1.84 bits per heavy atom. The van der Waals surface area contributed by atoms with Gasteiger partial charge in [0.15, 0.2) is 0 Å². The number of amides is 2. The van der Waals surface area contributed by atoms with E-state index in [1.54, 1.807) is 25.1 Å². The second-order valence-electron chi connectivity index (χ2n) is 4.59.